The number of urea groups is 1. The van der Waals surface area contributed by atoms with Crippen LogP contribution in [0, 0.1) is 0 Å². The highest BCUT2D eigenvalue weighted by atomic mass is 32.1. The average molecular weight is 313 g/mol. The third kappa shape index (κ3) is 8.29. The monoisotopic (exact) mass is 313 g/mol. The van der Waals surface area contributed by atoms with Crippen LogP contribution in [0.1, 0.15) is 50.0 Å². The number of unbranched alkanes of at least 4 members (excludes halogenated alkanes) is 3. The van der Waals surface area contributed by atoms with Crippen LogP contribution in [0.2, 0.25) is 0 Å². The van der Waals surface area contributed by atoms with Crippen molar-refractivity contribution in [1.82, 2.24) is 15.6 Å². The van der Waals surface area contributed by atoms with Crippen LogP contribution in [-0.4, -0.2) is 35.2 Å². The summed E-state index contributed by atoms with van der Waals surface area (Å²) in [6, 6.07) is -0.163. The summed E-state index contributed by atoms with van der Waals surface area (Å²) in [5, 5.41) is 17.1. The largest absolute Gasteiger partial charge is 0.481 e. The van der Waals surface area contributed by atoms with E-state index in [0.717, 1.165) is 24.3 Å². The second-order valence-electron chi connectivity index (χ2n) is 4.97. The molecule has 118 valence electrons. The normalized spacial score (nSPS) is 11.9. The van der Waals surface area contributed by atoms with Crippen molar-refractivity contribution >= 4 is 23.3 Å². The van der Waals surface area contributed by atoms with Crippen LogP contribution >= 0.6 is 11.3 Å². The van der Waals surface area contributed by atoms with E-state index >= 15 is 0 Å². The number of carbonyl (C=O) groups excluding carboxylic acids is 1. The van der Waals surface area contributed by atoms with E-state index in [2.05, 4.69) is 15.6 Å². The van der Waals surface area contributed by atoms with E-state index in [0.29, 0.717) is 19.5 Å². The van der Waals surface area contributed by atoms with Gasteiger partial charge in [-0.3, -0.25) is 4.79 Å². The maximum absolute atomic E-state index is 11.6. The van der Waals surface area contributed by atoms with Crippen molar-refractivity contribution in [3.05, 3.63) is 16.6 Å². The molecule has 3 N–H and O–H groups in total. The molecule has 1 aromatic rings. The predicted molar refractivity (Wildman–Crippen MR) is 82.7 cm³/mol. The number of carbonyl (C=O) groups is 2. The van der Waals surface area contributed by atoms with Crippen LogP contribution in [0.15, 0.2) is 11.6 Å². The van der Waals surface area contributed by atoms with Crippen LogP contribution < -0.4 is 10.6 Å². The van der Waals surface area contributed by atoms with Crippen molar-refractivity contribution in [1.29, 1.82) is 0 Å². The van der Waals surface area contributed by atoms with Crippen LogP contribution in [0.5, 0.6) is 0 Å². The van der Waals surface area contributed by atoms with Crippen molar-refractivity contribution in [2.24, 2.45) is 0 Å². The van der Waals surface area contributed by atoms with Crippen LogP contribution in [0.3, 0.4) is 0 Å². The number of amides is 2. The Morgan fingerprint density at radius 3 is 2.71 bits per heavy atom. The molecule has 0 aliphatic rings. The number of aromatic nitrogens is 1. The number of hydrogen-bond acceptors (Lipinski definition) is 4. The first-order chi connectivity index (χ1) is 10.1. The number of rotatable bonds is 10. The van der Waals surface area contributed by atoms with Crippen LogP contribution in [-0.2, 0) is 4.79 Å². The van der Waals surface area contributed by atoms with Crippen molar-refractivity contribution in [2.75, 3.05) is 13.1 Å². The van der Waals surface area contributed by atoms with Gasteiger partial charge in [0.25, 0.3) is 0 Å². The van der Waals surface area contributed by atoms with E-state index in [1.165, 1.54) is 0 Å². The maximum Gasteiger partial charge on any atom is 0.314 e. The molecule has 21 heavy (non-hydrogen) atoms. The summed E-state index contributed by atoms with van der Waals surface area (Å²) in [5.41, 5.74) is 0. The van der Waals surface area contributed by atoms with E-state index in [-0.39, 0.29) is 18.4 Å². The molecule has 1 aromatic heterocycles. The topological polar surface area (TPSA) is 91.3 Å². The van der Waals surface area contributed by atoms with Gasteiger partial charge in [-0.1, -0.05) is 19.8 Å². The van der Waals surface area contributed by atoms with Crippen LogP contribution in [0.25, 0.3) is 0 Å². The molecule has 7 heteroatoms. The van der Waals surface area contributed by atoms with Crippen LogP contribution in [0.4, 0.5) is 4.79 Å². The van der Waals surface area contributed by atoms with Gasteiger partial charge in [0.1, 0.15) is 0 Å². The van der Waals surface area contributed by atoms with E-state index in [9.17, 15) is 9.59 Å². The van der Waals surface area contributed by atoms with E-state index < -0.39 is 5.97 Å². The minimum atomic E-state index is -0.748. The number of hydrogen-bond donors (Lipinski definition) is 3. The Labute approximate surface area is 129 Å². The Bertz CT molecular complexity index is 423. The lowest BCUT2D eigenvalue weighted by atomic mass is 10.1. The molecule has 0 aromatic carbocycles. The van der Waals surface area contributed by atoms with E-state index in [1.54, 1.807) is 17.5 Å². The molecule has 1 unspecified atom stereocenters. The Kier molecular flexibility index (Phi) is 8.42. The number of thiazole rings is 1. The van der Waals surface area contributed by atoms with Gasteiger partial charge in [0.2, 0.25) is 0 Å². The van der Waals surface area contributed by atoms with Gasteiger partial charge in [-0.2, -0.15) is 0 Å². The molecule has 0 aliphatic heterocycles. The van der Waals surface area contributed by atoms with Crippen molar-refractivity contribution in [3.8, 4) is 0 Å². The fourth-order valence-electron chi connectivity index (χ4n) is 1.83. The molecule has 1 atom stereocenters. The van der Waals surface area contributed by atoms with Gasteiger partial charge in [0.15, 0.2) is 0 Å². The van der Waals surface area contributed by atoms with Gasteiger partial charge < -0.3 is 15.7 Å². The zero-order valence-corrected chi connectivity index (χ0v) is 13.1. The summed E-state index contributed by atoms with van der Waals surface area (Å²) in [4.78, 5) is 26.1. The minimum absolute atomic E-state index is 0.163. The molecule has 1 rings (SSSR count). The molecule has 0 fully saturated rings. The highest BCUT2D eigenvalue weighted by molar-refractivity contribution is 7.09. The number of aliphatic carboxylic acids is 1. The Morgan fingerprint density at radius 2 is 2.05 bits per heavy atom. The molecular formula is C14H23N3O3S. The van der Waals surface area contributed by atoms with Gasteiger partial charge >= 0.3 is 12.0 Å². The van der Waals surface area contributed by atoms with Crippen molar-refractivity contribution in [2.45, 2.75) is 44.9 Å². The smallest absolute Gasteiger partial charge is 0.314 e. The SMILES string of the molecule is CC(CNC(=O)NCCCCCCC(=O)O)c1nccs1. The Balaban J connectivity index is 1.98. The second-order valence-corrected chi connectivity index (χ2v) is 5.89. The molecule has 0 saturated carbocycles. The molecule has 1 heterocycles. The average Bonchev–Trinajstić information content (AvgIpc) is 2.97. The van der Waals surface area contributed by atoms with Gasteiger partial charge in [-0.25, -0.2) is 9.78 Å². The summed E-state index contributed by atoms with van der Waals surface area (Å²) in [6.07, 6.45) is 5.38. The van der Waals surface area contributed by atoms with Gasteiger partial charge in [0.05, 0.1) is 5.01 Å². The highest BCUT2D eigenvalue weighted by Gasteiger charge is 2.09. The first-order valence-corrected chi connectivity index (χ1v) is 8.10. The Morgan fingerprint density at radius 1 is 1.29 bits per heavy atom. The van der Waals surface area contributed by atoms with Gasteiger partial charge in [-0.05, 0) is 12.8 Å². The summed E-state index contributed by atoms with van der Waals surface area (Å²) < 4.78 is 0. The maximum atomic E-state index is 11.6. The zero-order chi connectivity index (χ0) is 15.5. The van der Waals surface area contributed by atoms with Crippen molar-refractivity contribution in [3.63, 3.8) is 0 Å². The number of nitrogens with one attached hydrogen (secondary N) is 2. The lowest BCUT2D eigenvalue weighted by molar-refractivity contribution is -0.137. The number of carboxylic acid groups (broad SMARTS) is 1. The van der Waals surface area contributed by atoms with Crippen molar-refractivity contribution < 1.29 is 14.7 Å². The molecule has 6 nitrogen and oxygen atoms in total. The lowest BCUT2D eigenvalue weighted by Gasteiger charge is -2.11. The first-order valence-electron chi connectivity index (χ1n) is 7.22. The van der Waals surface area contributed by atoms with Gasteiger partial charge in [0, 0.05) is 37.0 Å². The summed E-state index contributed by atoms with van der Waals surface area (Å²) >= 11 is 1.59. The third-order valence-electron chi connectivity index (χ3n) is 3.04. The quantitative estimate of drug-likeness (QED) is 0.579. The predicted octanol–water partition coefficient (Wildman–Crippen LogP) is 2.58. The second kappa shape index (κ2) is 10.1. The third-order valence-corrected chi connectivity index (χ3v) is 4.05. The Hall–Kier alpha value is -1.63. The zero-order valence-electron chi connectivity index (χ0n) is 12.3. The fourth-order valence-corrected chi connectivity index (χ4v) is 2.53. The molecule has 0 radical (unpaired) electrons. The summed E-state index contributed by atoms with van der Waals surface area (Å²) in [7, 11) is 0. The highest BCUT2D eigenvalue weighted by Crippen LogP contribution is 2.16. The number of nitrogens with zero attached hydrogens (tertiary/aromatic N) is 1. The number of carboxylic acids is 1. The molecule has 0 saturated heterocycles. The molecule has 0 aliphatic carbocycles. The van der Waals surface area contributed by atoms with E-state index in [1.807, 2.05) is 12.3 Å². The summed E-state index contributed by atoms with van der Waals surface area (Å²) in [5.74, 6) is -0.534. The minimum Gasteiger partial charge on any atom is -0.481 e. The fraction of sp³-hybridized carbons (Fsp3) is 0.643. The molecule has 0 bridgehead atoms. The van der Waals surface area contributed by atoms with Gasteiger partial charge in [-0.15, -0.1) is 11.3 Å². The lowest BCUT2D eigenvalue weighted by Crippen LogP contribution is -2.37. The first kappa shape index (κ1) is 17.4. The van der Waals surface area contributed by atoms with E-state index in [4.69, 9.17) is 5.11 Å². The molecular weight excluding hydrogens is 290 g/mol. The molecule has 2 amide bonds. The summed E-state index contributed by atoms with van der Waals surface area (Å²) in [6.45, 7) is 3.21. The standard InChI is InChI=1S/C14H23N3O3S/c1-11(13-15-8-9-21-13)10-17-14(20)16-7-5-3-2-4-6-12(18)19/h8-9,11H,2-7,10H2,1H3,(H,18,19)(H2,16,17,20). The molecule has 0 spiro atoms.